The smallest absolute Gasteiger partial charge is 0.217 e. The number of halogens is 2. The fraction of sp³-hybridized carbons (Fsp3) is 0.500. The van der Waals surface area contributed by atoms with Crippen molar-refractivity contribution in [2.75, 3.05) is 13.1 Å². The summed E-state index contributed by atoms with van der Waals surface area (Å²) in [5.41, 5.74) is 0.963. The Labute approximate surface area is 116 Å². The van der Waals surface area contributed by atoms with Gasteiger partial charge < -0.3 is 5.32 Å². The molecule has 1 fully saturated rings. The van der Waals surface area contributed by atoms with E-state index >= 15 is 0 Å². The van der Waals surface area contributed by atoms with E-state index in [1.807, 2.05) is 0 Å². The van der Waals surface area contributed by atoms with Gasteiger partial charge in [-0.15, -0.1) is 0 Å². The van der Waals surface area contributed by atoms with Gasteiger partial charge in [0.05, 0.1) is 0 Å². The van der Waals surface area contributed by atoms with Gasteiger partial charge in [-0.1, -0.05) is 23.2 Å². The Morgan fingerprint density at radius 2 is 2.39 bits per heavy atom. The van der Waals surface area contributed by atoms with E-state index in [9.17, 15) is 4.79 Å². The number of amides is 1. The predicted octanol–water partition coefficient (Wildman–Crippen LogP) is 2.10. The Morgan fingerprint density at radius 3 is 3.06 bits per heavy atom. The molecule has 4 nitrogen and oxygen atoms in total. The molecular formula is C12H15Cl2N3O. The number of rotatable bonds is 3. The van der Waals surface area contributed by atoms with Gasteiger partial charge in [-0.3, -0.25) is 9.69 Å². The van der Waals surface area contributed by atoms with Crippen LogP contribution < -0.4 is 5.32 Å². The highest BCUT2D eigenvalue weighted by atomic mass is 35.5. The van der Waals surface area contributed by atoms with Gasteiger partial charge in [0.15, 0.2) is 0 Å². The number of likely N-dealkylation sites (tertiary alicyclic amines) is 1. The second-order valence-electron chi connectivity index (χ2n) is 4.52. The highest BCUT2D eigenvalue weighted by Gasteiger charge is 2.23. The molecule has 18 heavy (non-hydrogen) atoms. The van der Waals surface area contributed by atoms with E-state index in [4.69, 9.17) is 23.2 Å². The molecule has 1 saturated heterocycles. The lowest BCUT2D eigenvalue weighted by Crippen LogP contribution is -2.35. The molecule has 0 saturated carbocycles. The first-order valence-corrected chi connectivity index (χ1v) is 6.59. The maximum absolute atomic E-state index is 11.0. The maximum atomic E-state index is 11.0. The lowest BCUT2D eigenvalue weighted by atomic mass is 10.2. The summed E-state index contributed by atoms with van der Waals surface area (Å²) in [4.78, 5) is 17.3. The molecular weight excluding hydrogens is 273 g/mol. The van der Waals surface area contributed by atoms with Crippen LogP contribution in [-0.2, 0) is 11.3 Å². The number of carbonyl (C=O) groups excluding carboxylic acids is 1. The minimum absolute atomic E-state index is 0.0213. The third kappa shape index (κ3) is 3.57. The number of pyridine rings is 1. The van der Waals surface area contributed by atoms with Gasteiger partial charge in [-0.25, -0.2) is 4.98 Å². The van der Waals surface area contributed by atoms with Crippen LogP contribution in [0, 0.1) is 0 Å². The van der Waals surface area contributed by atoms with Gasteiger partial charge in [-0.2, -0.15) is 0 Å². The normalized spacial score (nSPS) is 20.1. The number of nitrogens with zero attached hydrogens (tertiary/aromatic N) is 2. The van der Waals surface area contributed by atoms with Crippen molar-refractivity contribution >= 4 is 29.1 Å². The number of carbonyl (C=O) groups is 1. The van der Waals surface area contributed by atoms with Gasteiger partial charge in [-0.05, 0) is 12.5 Å². The molecule has 0 radical (unpaired) electrons. The van der Waals surface area contributed by atoms with Crippen molar-refractivity contribution in [1.29, 1.82) is 0 Å². The molecule has 6 heteroatoms. The van der Waals surface area contributed by atoms with Crippen LogP contribution in [-0.4, -0.2) is 34.9 Å². The van der Waals surface area contributed by atoms with Crippen molar-refractivity contribution in [1.82, 2.24) is 15.2 Å². The summed E-state index contributed by atoms with van der Waals surface area (Å²) >= 11 is 11.9. The molecule has 1 N–H and O–H groups in total. The second-order valence-corrected chi connectivity index (χ2v) is 5.31. The molecule has 0 aromatic carbocycles. The topological polar surface area (TPSA) is 45.2 Å². The lowest BCUT2D eigenvalue weighted by Gasteiger charge is -2.17. The third-order valence-electron chi connectivity index (χ3n) is 2.97. The molecule has 0 aliphatic carbocycles. The summed E-state index contributed by atoms with van der Waals surface area (Å²) in [5.74, 6) is 0.0213. The van der Waals surface area contributed by atoms with Gasteiger partial charge >= 0.3 is 0 Å². The van der Waals surface area contributed by atoms with E-state index in [0.717, 1.165) is 31.6 Å². The van der Waals surface area contributed by atoms with Crippen LogP contribution >= 0.6 is 23.2 Å². The van der Waals surface area contributed by atoms with Crippen LogP contribution in [0.5, 0.6) is 0 Å². The quantitative estimate of drug-likeness (QED) is 0.866. The first-order chi connectivity index (χ1) is 8.54. The molecule has 1 atom stereocenters. The van der Waals surface area contributed by atoms with Crippen LogP contribution in [0.1, 0.15) is 18.9 Å². The summed E-state index contributed by atoms with van der Waals surface area (Å²) in [6, 6.07) is 1.89. The maximum Gasteiger partial charge on any atom is 0.217 e. The number of hydrogen-bond acceptors (Lipinski definition) is 3. The van der Waals surface area contributed by atoms with Crippen LogP contribution in [0.15, 0.2) is 12.3 Å². The van der Waals surface area contributed by atoms with Crippen LogP contribution in [0.2, 0.25) is 10.2 Å². The fourth-order valence-corrected chi connectivity index (χ4v) is 2.60. The van der Waals surface area contributed by atoms with Gasteiger partial charge in [0, 0.05) is 49.4 Å². The molecule has 1 aliphatic heterocycles. The molecule has 1 unspecified atom stereocenters. The SMILES string of the molecule is CC(=O)NC1CCN(Cc2cnc(Cl)cc2Cl)C1. The number of nitrogens with one attached hydrogen (secondary N) is 1. The largest absolute Gasteiger partial charge is 0.352 e. The van der Waals surface area contributed by atoms with Gasteiger partial charge in [0.1, 0.15) is 5.15 Å². The summed E-state index contributed by atoms with van der Waals surface area (Å²) < 4.78 is 0. The summed E-state index contributed by atoms with van der Waals surface area (Å²) in [7, 11) is 0. The van der Waals surface area contributed by atoms with E-state index in [0.29, 0.717) is 10.2 Å². The summed E-state index contributed by atoms with van der Waals surface area (Å²) in [5, 5.41) is 3.97. The molecule has 1 aromatic rings. The van der Waals surface area contributed by atoms with Crippen molar-refractivity contribution < 1.29 is 4.79 Å². The van der Waals surface area contributed by atoms with Crippen molar-refractivity contribution in [3.8, 4) is 0 Å². The van der Waals surface area contributed by atoms with Crippen molar-refractivity contribution in [2.45, 2.75) is 25.9 Å². The van der Waals surface area contributed by atoms with Crippen LogP contribution in [0.3, 0.4) is 0 Å². The van der Waals surface area contributed by atoms with E-state index in [2.05, 4.69) is 15.2 Å². The molecule has 0 bridgehead atoms. The zero-order chi connectivity index (χ0) is 13.1. The van der Waals surface area contributed by atoms with Crippen LogP contribution in [0.4, 0.5) is 0 Å². The Kier molecular flexibility index (Phi) is 4.43. The van der Waals surface area contributed by atoms with Gasteiger partial charge in [0.2, 0.25) is 5.91 Å². The second kappa shape index (κ2) is 5.87. The first-order valence-electron chi connectivity index (χ1n) is 5.84. The molecule has 0 spiro atoms. The number of aromatic nitrogens is 1. The minimum Gasteiger partial charge on any atom is -0.352 e. The Bertz CT molecular complexity index is 453. The van der Waals surface area contributed by atoms with E-state index in [1.165, 1.54) is 0 Å². The lowest BCUT2D eigenvalue weighted by molar-refractivity contribution is -0.119. The summed E-state index contributed by atoms with van der Waals surface area (Å²) in [6.07, 6.45) is 2.68. The zero-order valence-electron chi connectivity index (χ0n) is 10.1. The number of hydrogen-bond donors (Lipinski definition) is 1. The molecule has 2 heterocycles. The average molecular weight is 288 g/mol. The minimum atomic E-state index is 0.0213. The highest BCUT2D eigenvalue weighted by Crippen LogP contribution is 2.21. The van der Waals surface area contributed by atoms with Crippen molar-refractivity contribution in [2.24, 2.45) is 0 Å². The Morgan fingerprint density at radius 1 is 1.61 bits per heavy atom. The average Bonchev–Trinajstić information content (AvgIpc) is 2.69. The zero-order valence-corrected chi connectivity index (χ0v) is 11.6. The standard InChI is InChI=1S/C12H15Cl2N3O/c1-8(18)16-10-2-3-17(7-10)6-9-5-15-12(14)4-11(9)13/h4-5,10H,2-3,6-7H2,1H3,(H,16,18). The Hall–Kier alpha value is -0.840. The van der Waals surface area contributed by atoms with Crippen molar-refractivity contribution in [3.63, 3.8) is 0 Å². The predicted molar refractivity (Wildman–Crippen MR) is 71.8 cm³/mol. The van der Waals surface area contributed by atoms with E-state index < -0.39 is 0 Å². The first kappa shape index (κ1) is 13.6. The third-order valence-corrected chi connectivity index (χ3v) is 3.53. The van der Waals surface area contributed by atoms with Crippen LogP contribution in [0.25, 0.3) is 0 Å². The fourth-order valence-electron chi connectivity index (χ4n) is 2.17. The molecule has 2 rings (SSSR count). The van der Waals surface area contributed by atoms with Crippen molar-refractivity contribution in [3.05, 3.63) is 28.0 Å². The summed E-state index contributed by atoms with van der Waals surface area (Å²) in [6.45, 7) is 4.07. The Balaban J connectivity index is 1.93. The van der Waals surface area contributed by atoms with E-state index in [1.54, 1.807) is 19.2 Å². The highest BCUT2D eigenvalue weighted by molar-refractivity contribution is 6.34. The molecule has 98 valence electrons. The van der Waals surface area contributed by atoms with E-state index in [-0.39, 0.29) is 11.9 Å². The van der Waals surface area contributed by atoms with Gasteiger partial charge in [0.25, 0.3) is 0 Å². The molecule has 1 aliphatic rings. The molecule has 1 amide bonds. The monoisotopic (exact) mass is 287 g/mol. The molecule has 1 aromatic heterocycles.